The Bertz CT molecular complexity index is 431. The second kappa shape index (κ2) is 4.58. The van der Waals surface area contributed by atoms with Gasteiger partial charge in [0.25, 0.3) is 11.6 Å². The highest BCUT2D eigenvalue weighted by Crippen LogP contribution is 2.27. The van der Waals surface area contributed by atoms with Gasteiger partial charge in [-0.2, -0.15) is 0 Å². The van der Waals surface area contributed by atoms with Crippen LogP contribution in [0.3, 0.4) is 0 Å². The van der Waals surface area contributed by atoms with Crippen LogP contribution in [0, 0.1) is 10.1 Å². The fourth-order valence-corrected chi connectivity index (χ4v) is 1.25. The number of nitro groups is 1. The van der Waals surface area contributed by atoms with Gasteiger partial charge in [-0.3, -0.25) is 20.1 Å². The first-order chi connectivity index (χ1) is 7.47. The van der Waals surface area contributed by atoms with Gasteiger partial charge < -0.3 is 4.90 Å². The van der Waals surface area contributed by atoms with Gasteiger partial charge in [-0.25, -0.2) is 5.48 Å². The first-order valence-corrected chi connectivity index (χ1v) is 4.37. The Hall–Kier alpha value is -2.15. The number of anilines is 1. The molecule has 0 spiro atoms. The molecule has 0 fully saturated rings. The van der Waals surface area contributed by atoms with E-state index in [1.807, 2.05) is 0 Å². The summed E-state index contributed by atoms with van der Waals surface area (Å²) in [5, 5.41) is 19.2. The average molecular weight is 225 g/mol. The van der Waals surface area contributed by atoms with E-state index >= 15 is 0 Å². The van der Waals surface area contributed by atoms with E-state index in [-0.39, 0.29) is 11.3 Å². The van der Waals surface area contributed by atoms with Crippen molar-refractivity contribution in [3.05, 3.63) is 33.9 Å². The molecule has 0 unspecified atom stereocenters. The topological polar surface area (TPSA) is 95.7 Å². The third-order valence-electron chi connectivity index (χ3n) is 2.02. The molecule has 0 atom stereocenters. The number of nitrogens with zero attached hydrogens (tertiary/aromatic N) is 2. The molecule has 16 heavy (non-hydrogen) atoms. The number of nitro benzene ring substituents is 1. The summed E-state index contributed by atoms with van der Waals surface area (Å²) in [6, 6.07) is 3.96. The van der Waals surface area contributed by atoms with Gasteiger partial charge >= 0.3 is 0 Å². The second-order valence-corrected chi connectivity index (χ2v) is 3.30. The highest BCUT2D eigenvalue weighted by Gasteiger charge is 2.18. The molecule has 0 saturated carbocycles. The third kappa shape index (κ3) is 2.26. The van der Waals surface area contributed by atoms with Crippen LogP contribution in [-0.4, -0.2) is 30.1 Å². The molecule has 0 aromatic heterocycles. The second-order valence-electron chi connectivity index (χ2n) is 3.30. The number of amides is 1. The van der Waals surface area contributed by atoms with Crippen LogP contribution in [-0.2, 0) is 0 Å². The molecule has 1 rings (SSSR count). The molecule has 0 aliphatic carbocycles. The molecule has 86 valence electrons. The lowest BCUT2D eigenvalue weighted by Crippen LogP contribution is -2.19. The van der Waals surface area contributed by atoms with Gasteiger partial charge in [-0.1, -0.05) is 0 Å². The van der Waals surface area contributed by atoms with E-state index in [0.29, 0.717) is 5.69 Å². The van der Waals surface area contributed by atoms with Crippen molar-refractivity contribution in [3.8, 4) is 0 Å². The predicted octanol–water partition coefficient (Wildman–Crippen LogP) is 0.780. The molecular formula is C9H11N3O4. The van der Waals surface area contributed by atoms with Crippen molar-refractivity contribution in [1.29, 1.82) is 0 Å². The van der Waals surface area contributed by atoms with E-state index in [9.17, 15) is 14.9 Å². The Balaban J connectivity index is 3.28. The van der Waals surface area contributed by atoms with Gasteiger partial charge in [-0.05, 0) is 12.1 Å². The minimum atomic E-state index is -0.784. The van der Waals surface area contributed by atoms with Crippen LogP contribution >= 0.6 is 0 Å². The molecule has 0 aliphatic heterocycles. The molecule has 0 heterocycles. The van der Waals surface area contributed by atoms with E-state index in [2.05, 4.69) is 0 Å². The Morgan fingerprint density at radius 3 is 2.56 bits per heavy atom. The molecule has 0 bridgehead atoms. The van der Waals surface area contributed by atoms with Crippen LogP contribution in [0.15, 0.2) is 18.2 Å². The van der Waals surface area contributed by atoms with E-state index in [1.165, 1.54) is 17.6 Å². The summed E-state index contributed by atoms with van der Waals surface area (Å²) in [4.78, 5) is 22.8. The van der Waals surface area contributed by atoms with Gasteiger partial charge in [0.05, 0.1) is 4.92 Å². The maximum Gasteiger partial charge on any atom is 0.293 e. The Labute approximate surface area is 91.4 Å². The van der Waals surface area contributed by atoms with Crippen molar-refractivity contribution >= 4 is 17.3 Å². The monoisotopic (exact) mass is 225 g/mol. The highest BCUT2D eigenvalue weighted by atomic mass is 16.6. The quantitative estimate of drug-likeness (QED) is 0.450. The van der Waals surface area contributed by atoms with Crippen LogP contribution < -0.4 is 10.4 Å². The highest BCUT2D eigenvalue weighted by molar-refractivity contribution is 5.94. The fraction of sp³-hybridized carbons (Fsp3) is 0.222. The van der Waals surface area contributed by atoms with E-state index in [0.717, 1.165) is 6.07 Å². The van der Waals surface area contributed by atoms with Crippen molar-refractivity contribution < 1.29 is 14.9 Å². The van der Waals surface area contributed by atoms with Crippen molar-refractivity contribution in [3.63, 3.8) is 0 Å². The minimum absolute atomic E-state index is 0.0276. The Kier molecular flexibility index (Phi) is 3.41. The fourth-order valence-electron chi connectivity index (χ4n) is 1.25. The molecule has 7 nitrogen and oxygen atoms in total. The normalized spacial score (nSPS) is 9.69. The van der Waals surface area contributed by atoms with Gasteiger partial charge in [0, 0.05) is 25.7 Å². The molecule has 0 aliphatic rings. The molecule has 1 aromatic rings. The van der Waals surface area contributed by atoms with Crippen molar-refractivity contribution in [2.75, 3.05) is 19.0 Å². The molecule has 1 aromatic carbocycles. The van der Waals surface area contributed by atoms with Gasteiger partial charge in [0.15, 0.2) is 0 Å². The summed E-state index contributed by atoms with van der Waals surface area (Å²) in [5.74, 6) is -0.784. The predicted molar refractivity (Wildman–Crippen MR) is 56.7 cm³/mol. The molecule has 7 heteroatoms. The van der Waals surface area contributed by atoms with Crippen LogP contribution in [0.4, 0.5) is 11.4 Å². The largest absolute Gasteiger partial charge is 0.372 e. The van der Waals surface area contributed by atoms with E-state index < -0.39 is 10.8 Å². The summed E-state index contributed by atoms with van der Waals surface area (Å²) >= 11 is 0. The molecular weight excluding hydrogens is 214 g/mol. The number of hydroxylamine groups is 1. The number of hydrogen-bond acceptors (Lipinski definition) is 5. The average Bonchev–Trinajstić information content (AvgIpc) is 2.26. The van der Waals surface area contributed by atoms with Crippen LogP contribution in [0.25, 0.3) is 0 Å². The standard InChI is InChI=1S/C9H11N3O4/c1-11(2)7-4-3-6(9(13)10-14)5-8(7)12(15)16/h3-5,14H,1-2H3,(H,10,13). The summed E-state index contributed by atoms with van der Waals surface area (Å²) in [6.07, 6.45) is 0. The van der Waals surface area contributed by atoms with Crippen molar-refractivity contribution in [2.24, 2.45) is 0 Å². The first kappa shape index (κ1) is 11.9. The lowest BCUT2D eigenvalue weighted by molar-refractivity contribution is -0.384. The number of benzene rings is 1. The number of nitrogens with one attached hydrogen (secondary N) is 1. The Morgan fingerprint density at radius 1 is 1.50 bits per heavy atom. The van der Waals surface area contributed by atoms with E-state index in [4.69, 9.17) is 5.21 Å². The Morgan fingerprint density at radius 2 is 2.12 bits per heavy atom. The van der Waals surface area contributed by atoms with Gasteiger partial charge in [0.1, 0.15) is 5.69 Å². The zero-order valence-electron chi connectivity index (χ0n) is 8.80. The van der Waals surface area contributed by atoms with Crippen molar-refractivity contribution in [1.82, 2.24) is 5.48 Å². The zero-order valence-corrected chi connectivity index (χ0v) is 8.80. The molecule has 1 amide bonds. The number of carbonyl (C=O) groups is 1. The SMILES string of the molecule is CN(C)c1ccc(C(=O)NO)cc1[N+](=O)[O-]. The number of hydrogen-bond donors (Lipinski definition) is 2. The smallest absolute Gasteiger partial charge is 0.293 e. The summed E-state index contributed by atoms with van der Waals surface area (Å²) in [6.45, 7) is 0. The lowest BCUT2D eigenvalue weighted by Gasteiger charge is -2.12. The van der Waals surface area contributed by atoms with Gasteiger partial charge in [-0.15, -0.1) is 0 Å². The molecule has 2 N–H and O–H groups in total. The number of carbonyl (C=O) groups excluding carboxylic acids is 1. The van der Waals surface area contributed by atoms with Crippen LogP contribution in [0.5, 0.6) is 0 Å². The first-order valence-electron chi connectivity index (χ1n) is 4.37. The maximum absolute atomic E-state index is 11.1. The zero-order chi connectivity index (χ0) is 12.3. The minimum Gasteiger partial charge on any atom is -0.372 e. The van der Waals surface area contributed by atoms with Crippen LogP contribution in [0.1, 0.15) is 10.4 Å². The number of rotatable bonds is 3. The van der Waals surface area contributed by atoms with Crippen LogP contribution in [0.2, 0.25) is 0 Å². The molecule has 0 radical (unpaired) electrons. The van der Waals surface area contributed by atoms with Crippen molar-refractivity contribution in [2.45, 2.75) is 0 Å². The maximum atomic E-state index is 11.1. The summed E-state index contributed by atoms with van der Waals surface area (Å²) < 4.78 is 0. The molecule has 0 saturated heterocycles. The van der Waals surface area contributed by atoms with Gasteiger partial charge in [0.2, 0.25) is 0 Å². The summed E-state index contributed by atoms with van der Waals surface area (Å²) in [7, 11) is 3.32. The van der Waals surface area contributed by atoms with E-state index in [1.54, 1.807) is 19.0 Å². The lowest BCUT2D eigenvalue weighted by atomic mass is 10.1. The third-order valence-corrected chi connectivity index (χ3v) is 2.02. The summed E-state index contributed by atoms with van der Waals surface area (Å²) in [5.41, 5.74) is 1.65.